The summed E-state index contributed by atoms with van der Waals surface area (Å²) in [5.41, 5.74) is 0.686. The molecule has 2 aromatic rings. The molecule has 0 radical (unpaired) electrons. The Labute approximate surface area is 156 Å². The molecular weight excluding hydrogens is 360 g/mol. The molecule has 0 spiro atoms. The van der Waals surface area contributed by atoms with Gasteiger partial charge in [0.1, 0.15) is 5.76 Å². The minimum Gasteiger partial charge on any atom is -0.469 e. The van der Waals surface area contributed by atoms with Crippen molar-refractivity contribution in [2.75, 3.05) is 16.8 Å². The van der Waals surface area contributed by atoms with Gasteiger partial charge in [-0.3, -0.25) is 9.59 Å². The number of hydrogen-bond donors (Lipinski definition) is 2. The van der Waals surface area contributed by atoms with E-state index in [9.17, 15) is 9.59 Å². The van der Waals surface area contributed by atoms with Crippen LogP contribution in [0.2, 0.25) is 5.02 Å². The summed E-state index contributed by atoms with van der Waals surface area (Å²) in [4.78, 5) is 23.7. The van der Waals surface area contributed by atoms with Crippen LogP contribution in [0.15, 0.2) is 47.1 Å². The number of carbonyl (C=O) groups is 2. The highest BCUT2D eigenvalue weighted by Gasteiger charge is 2.10. The Morgan fingerprint density at radius 3 is 2.56 bits per heavy atom. The average Bonchev–Trinajstić information content (AvgIpc) is 3.08. The van der Waals surface area contributed by atoms with Gasteiger partial charge in [0.15, 0.2) is 0 Å². The van der Waals surface area contributed by atoms with E-state index in [0.29, 0.717) is 10.7 Å². The molecule has 2 rings (SSSR count). The number of furan rings is 1. The zero-order valence-electron chi connectivity index (χ0n) is 14.0. The monoisotopic (exact) mass is 380 g/mol. The molecule has 7 heteroatoms. The van der Waals surface area contributed by atoms with Gasteiger partial charge in [0.05, 0.1) is 17.8 Å². The van der Waals surface area contributed by atoms with Crippen LogP contribution in [0, 0.1) is 0 Å². The van der Waals surface area contributed by atoms with Crippen LogP contribution in [-0.2, 0) is 16.0 Å². The van der Waals surface area contributed by atoms with Crippen LogP contribution in [-0.4, -0.2) is 29.4 Å². The third kappa shape index (κ3) is 7.67. The van der Waals surface area contributed by atoms with E-state index in [-0.39, 0.29) is 29.4 Å². The van der Waals surface area contributed by atoms with Gasteiger partial charge in [0.2, 0.25) is 11.8 Å². The zero-order chi connectivity index (χ0) is 18.1. The van der Waals surface area contributed by atoms with Gasteiger partial charge < -0.3 is 15.1 Å². The normalized spacial score (nSPS) is 11.8. The van der Waals surface area contributed by atoms with E-state index in [4.69, 9.17) is 16.0 Å². The van der Waals surface area contributed by atoms with Crippen molar-refractivity contribution in [1.82, 2.24) is 5.32 Å². The van der Waals surface area contributed by atoms with Crippen LogP contribution in [0.4, 0.5) is 5.69 Å². The summed E-state index contributed by atoms with van der Waals surface area (Å²) >= 11 is 7.07. The Morgan fingerprint density at radius 1 is 1.16 bits per heavy atom. The number of halogens is 1. The van der Waals surface area contributed by atoms with E-state index < -0.39 is 0 Å². The Bertz CT molecular complexity index is 674. The predicted molar refractivity (Wildman–Crippen MR) is 102 cm³/mol. The summed E-state index contributed by atoms with van der Waals surface area (Å²) in [7, 11) is 0. The predicted octanol–water partition coefficient (Wildman–Crippen LogP) is 3.74. The fourth-order valence-electron chi connectivity index (χ4n) is 2.17. The van der Waals surface area contributed by atoms with Crippen molar-refractivity contribution in [3.63, 3.8) is 0 Å². The standard InChI is InChI=1S/C18H21ClN2O3S/c1-13(4-9-16-3-2-10-24-16)20-17(22)11-25-12-18(23)21-15-7-5-14(19)6-8-15/h2-3,5-8,10,13H,4,9,11-12H2,1H3,(H,20,22)(H,21,23)/t13-/m0/s1. The molecule has 5 nitrogen and oxygen atoms in total. The van der Waals surface area contributed by atoms with Gasteiger partial charge in [-0.2, -0.15) is 0 Å². The van der Waals surface area contributed by atoms with E-state index >= 15 is 0 Å². The van der Waals surface area contributed by atoms with Crippen molar-refractivity contribution in [2.24, 2.45) is 0 Å². The number of rotatable bonds is 9. The zero-order valence-corrected chi connectivity index (χ0v) is 15.5. The summed E-state index contributed by atoms with van der Waals surface area (Å²) in [6, 6.07) is 10.7. The molecule has 1 aromatic heterocycles. The Balaban J connectivity index is 1.59. The number of carbonyl (C=O) groups excluding carboxylic acids is 2. The molecule has 1 atom stereocenters. The number of hydrogen-bond acceptors (Lipinski definition) is 4. The second kappa shape index (κ2) is 10.2. The van der Waals surface area contributed by atoms with Crippen LogP contribution >= 0.6 is 23.4 Å². The minimum atomic E-state index is -0.147. The van der Waals surface area contributed by atoms with Gasteiger partial charge in [0, 0.05) is 23.2 Å². The molecule has 2 amide bonds. The first-order valence-electron chi connectivity index (χ1n) is 7.98. The third-order valence-corrected chi connectivity index (χ3v) is 4.59. The van der Waals surface area contributed by atoms with E-state index in [1.165, 1.54) is 11.8 Å². The highest BCUT2D eigenvalue weighted by Crippen LogP contribution is 2.14. The summed E-state index contributed by atoms with van der Waals surface area (Å²) in [6.45, 7) is 1.96. The summed E-state index contributed by atoms with van der Waals surface area (Å²) < 4.78 is 5.27. The van der Waals surface area contributed by atoms with Crippen LogP contribution in [0.3, 0.4) is 0 Å². The maximum atomic E-state index is 11.9. The fraction of sp³-hybridized carbons (Fsp3) is 0.333. The molecule has 25 heavy (non-hydrogen) atoms. The topological polar surface area (TPSA) is 71.3 Å². The lowest BCUT2D eigenvalue weighted by Crippen LogP contribution is -2.34. The van der Waals surface area contributed by atoms with Crippen LogP contribution < -0.4 is 10.6 Å². The van der Waals surface area contributed by atoms with Crippen molar-refractivity contribution in [3.05, 3.63) is 53.4 Å². The Hall–Kier alpha value is -1.92. The SMILES string of the molecule is C[C@@H](CCc1ccco1)NC(=O)CSCC(=O)Nc1ccc(Cl)cc1. The average molecular weight is 381 g/mol. The van der Waals surface area contributed by atoms with Crippen LogP contribution in [0.1, 0.15) is 19.1 Å². The van der Waals surface area contributed by atoms with Gasteiger partial charge in [-0.15, -0.1) is 11.8 Å². The first-order valence-corrected chi connectivity index (χ1v) is 9.51. The van der Waals surface area contributed by atoms with Gasteiger partial charge >= 0.3 is 0 Å². The number of aryl methyl sites for hydroxylation is 1. The maximum Gasteiger partial charge on any atom is 0.234 e. The second-order valence-corrected chi connectivity index (χ2v) is 7.06. The first kappa shape index (κ1) is 19.4. The quantitative estimate of drug-likeness (QED) is 0.695. The van der Waals surface area contributed by atoms with Crippen LogP contribution in [0.5, 0.6) is 0 Å². The highest BCUT2D eigenvalue weighted by molar-refractivity contribution is 8.00. The van der Waals surface area contributed by atoms with E-state index in [1.54, 1.807) is 30.5 Å². The second-order valence-electron chi connectivity index (χ2n) is 5.63. The van der Waals surface area contributed by atoms with Crippen molar-refractivity contribution in [3.8, 4) is 0 Å². The molecule has 0 aliphatic carbocycles. The van der Waals surface area contributed by atoms with Crippen molar-refractivity contribution >= 4 is 40.9 Å². The van der Waals surface area contributed by atoms with E-state index in [1.807, 2.05) is 19.1 Å². The Morgan fingerprint density at radius 2 is 1.88 bits per heavy atom. The molecule has 0 bridgehead atoms. The molecule has 0 aliphatic heterocycles. The molecule has 1 heterocycles. The van der Waals surface area contributed by atoms with Gasteiger partial charge in [-0.25, -0.2) is 0 Å². The molecule has 0 unspecified atom stereocenters. The third-order valence-electron chi connectivity index (χ3n) is 3.41. The molecular formula is C18H21ClN2O3S. The smallest absolute Gasteiger partial charge is 0.234 e. The van der Waals surface area contributed by atoms with Gasteiger partial charge in [-0.05, 0) is 49.7 Å². The van der Waals surface area contributed by atoms with E-state index in [0.717, 1.165) is 18.6 Å². The highest BCUT2D eigenvalue weighted by atomic mass is 35.5. The lowest BCUT2D eigenvalue weighted by Gasteiger charge is -2.13. The molecule has 2 N–H and O–H groups in total. The summed E-state index contributed by atoms with van der Waals surface area (Å²) in [5.74, 6) is 1.16. The number of anilines is 1. The maximum absolute atomic E-state index is 11.9. The molecule has 0 fully saturated rings. The Kier molecular flexibility index (Phi) is 7.88. The van der Waals surface area contributed by atoms with E-state index in [2.05, 4.69) is 10.6 Å². The van der Waals surface area contributed by atoms with Crippen molar-refractivity contribution < 1.29 is 14.0 Å². The number of nitrogens with one attached hydrogen (secondary N) is 2. The van der Waals surface area contributed by atoms with Crippen LogP contribution in [0.25, 0.3) is 0 Å². The summed E-state index contributed by atoms with van der Waals surface area (Å²) in [6.07, 6.45) is 3.23. The van der Waals surface area contributed by atoms with Gasteiger partial charge in [-0.1, -0.05) is 11.6 Å². The van der Waals surface area contributed by atoms with Gasteiger partial charge in [0.25, 0.3) is 0 Å². The lowest BCUT2D eigenvalue weighted by atomic mass is 10.1. The minimum absolute atomic E-state index is 0.0566. The van der Waals surface area contributed by atoms with Crippen molar-refractivity contribution in [2.45, 2.75) is 25.8 Å². The molecule has 0 saturated carbocycles. The lowest BCUT2D eigenvalue weighted by molar-refractivity contribution is -0.119. The largest absolute Gasteiger partial charge is 0.469 e. The number of amides is 2. The molecule has 134 valence electrons. The molecule has 0 saturated heterocycles. The molecule has 1 aromatic carbocycles. The summed E-state index contributed by atoms with van der Waals surface area (Å²) in [5, 5.41) is 6.30. The number of thioether (sulfide) groups is 1. The van der Waals surface area contributed by atoms with Crippen molar-refractivity contribution in [1.29, 1.82) is 0 Å². The number of benzene rings is 1. The first-order chi connectivity index (χ1) is 12.0. The molecule has 0 aliphatic rings. The fourth-order valence-corrected chi connectivity index (χ4v) is 2.92.